The number of aromatic nitrogens is 1. The van der Waals surface area contributed by atoms with Crippen molar-refractivity contribution in [2.45, 2.75) is 57.7 Å². The van der Waals surface area contributed by atoms with Gasteiger partial charge in [-0.1, -0.05) is 37.0 Å². The molecule has 0 radical (unpaired) electrons. The quantitative estimate of drug-likeness (QED) is 0.817. The molecule has 4 nitrogen and oxygen atoms in total. The third-order valence-corrected chi connectivity index (χ3v) is 5.54. The summed E-state index contributed by atoms with van der Waals surface area (Å²) in [6.45, 7) is 3.99. The number of carbonyl (C=O) groups is 1. The van der Waals surface area contributed by atoms with Crippen LogP contribution in [0.3, 0.4) is 0 Å². The zero-order valence-electron chi connectivity index (χ0n) is 15.0. The van der Waals surface area contributed by atoms with E-state index >= 15 is 0 Å². The maximum absolute atomic E-state index is 12.1. The molecular formula is C20H26N2O2S. The lowest BCUT2D eigenvalue weighted by Crippen LogP contribution is -2.37. The Hall–Kier alpha value is -1.75. The van der Waals surface area contributed by atoms with Gasteiger partial charge in [0.1, 0.15) is 5.76 Å². The zero-order chi connectivity index (χ0) is 17.6. The van der Waals surface area contributed by atoms with Crippen LogP contribution in [-0.4, -0.2) is 22.7 Å². The lowest BCUT2D eigenvalue weighted by atomic mass is 9.95. The van der Waals surface area contributed by atoms with Crippen molar-refractivity contribution in [1.29, 1.82) is 0 Å². The topological polar surface area (TPSA) is 55.1 Å². The number of thioether (sulfide) groups is 1. The molecule has 1 amide bonds. The van der Waals surface area contributed by atoms with Crippen molar-refractivity contribution >= 4 is 17.7 Å². The van der Waals surface area contributed by atoms with E-state index < -0.39 is 0 Å². The van der Waals surface area contributed by atoms with Gasteiger partial charge in [-0.2, -0.15) is 0 Å². The number of benzene rings is 1. The molecule has 0 saturated heterocycles. The summed E-state index contributed by atoms with van der Waals surface area (Å²) < 4.78 is 5.81. The second kappa shape index (κ2) is 8.56. The van der Waals surface area contributed by atoms with Gasteiger partial charge in [-0.05, 0) is 38.8 Å². The molecule has 1 aliphatic carbocycles. The molecular weight excluding hydrogens is 332 g/mol. The summed E-state index contributed by atoms with van der Waals surface area (Å²) in [5, 5.41) is 3.15. The van der Waals surface area contributed by atoms with Crippen LogP contribution in [-0.2, 0) is 10.5 Å². The Bertz CT molecular complexity index is 720. The second-order valence-corrected chi connectivity index (χ2v) is 7.77. The highest BCUT2D eigenvalue weighted by Crippen LogP contribution is 2.25. The van der Waals surface area contributed by atoms with Crippen LogP contribution in [0.2, 0.25) is 0 Å². The molecule has 3 rings (SSSR count). The van der Waals surface area contributed by atoms with Crippen LogP contribution in [0.5, 0.6) is 0 Å². The first-order valence-corrected chi connectivity index (χ1v) is 10.2. The smallest absolute Gasteiger partial charge is 0.230 e. The van der Waals surface area contributed by atoms with Gasteiger partial charge in [-0.3, -0.25) is 4.79 Å². The molecule has 1 aromatic heterocycles. The molecule has 134 valence electrons. The van der Waals surface area contributed by atoms with Crippen LogP contribution in [0.1, 0.15) is 49.1 Å². The summed E-state index contributed by atoms with van der Waals surface area (Å²) in [6.07, 6.45) is 6.02. The number of oxazole rings is 1. The second-order valence-electron chi connectivity index (χ2n) is 6.79. The molecule has 1 heterocycles. The third-order valence-electron chi connectivity index (χ3n) is 4.60. The fourth-order valence-corrected chi connectivity index (χ4v) is 4.05. The van der Waals surface area contributed by atoms with Crippen molar-refractivity contribution in [2.24, 2.45) is 0 Å². The Morgan fingerprint density at radius 1 is 1.28 bits per heavy atom. The minimum Gasteiger partial charge on any atom is -0.441 e. The summed E-state index contributed by atoms with van der Waals surface area (Å²) in [7, 11) is 0. The van der Waals surface area contributed by atoms with Crippen LogP contribution >= 0.6 is 11.8 Å². The van der Waals surface area contributed by atoms with E-state index in [1.165, 1.54) is 24.8 Å². The van der Waals surface area contributed by atoms with E-state index in [0.29, 0.717) is 23.4 Å². The standard InChI is InChI=1S/C20H26N2O2S/c1-14-7-6-8-16(11-14)20-22-18(15(2)24-20)12-25-13-19(23)21-17-9-4-3-5-10-17/h6-8,11,17H,3-5,9-10,12-13H2,1-2H3,(H,21,23). The highest BCUT2D eigenvalue weighted by molar-refractivity contribution is 7.99. The van der Waals surface area contributed by atoms with Gasteiger partial charge in [0.25, 0.3) is 0 Å². The van der Waals surface area contributed by atoms with E-state index in [4.69, 9.17) is 4.42 Å². The summed E-state index contributed by atoms with van der Waals surface area (Å²) >= 11 is 1.59. The molecule has 0 bridgehead atoms. The SMILES string of the molecule is Cc1cccc(-c2nc(CSCC(=O)NC3CCCCC3)c(C)o2)c1. The van der Waals surface area contributed by atoms with Crippen molar-refractivity contribution in [3.63, 3.8) is 0 Å². The Kier molecular flexibility index (Phi) is 6.19. The zero-order valence-corrected chi connectivity index (χ0v) is 15.8. The summed E-state index contributed by atoms with van der Waals surface area (Å²) in [4.78, 5) is 16.7. The first-order valence-electron chi connectivity index (χ1n) is 9.02. The summed E-state index contributed by atoms with van der Waals surface area (Å²) in [6, 6.07) is 8.52. The maximum atomic E-state index is 12.1. The van der Waals surface area contributed by atoms with Crippen LogP contribution in [0, 0.1) is 13.8 Å². The van der Waals surface area contributed by atoms with Gasteiger partial charge >= 0.3 is 0 Å². The average Bonchev–Trinajstić information content (AvgIpc) is 2.97. The molecule has 1 aromatic carbocycles. The number of rotatable bonds is 6. The predicted octanol–water partition coefficient (Wildman–Crippen LogP) is 4.64. The number of nitrogens with one attached hydrogen (secondary N) is 1. The van der Waals surface area contributed by atoms with Crippen molar-refractivity contribution < 1.29 is 9.21 Å². The third kappa shape index (κ3) is 5.11. The number of hydrogen-bond acceptors (Lipinski definition) is 4. The van der Waals surface area contributed by atoms with Crippen molar-refractivity contribution in [3.05, 3.63) is 41.3 Å². The molecule has 0 aliphatic heterocycles. The Balaban J connectivity index is 1.50. The van der Waals surface area contributed by atoms with Gasteiger partial charge in [0.15, 0.2) is 0 Å². The average molecular weight is 359 g/mol. The Morgan fingerprint density at radius 2 is 2.08 bits per heavy atom. The van der Waals surface area contributed by atoms with E-state index in [9.17, 15) is 4.79 Å². The molecule has 0 unspecified atom stereocenters. The lowest BCUT2D eigenvalue weighted by molar-refractivity contribution is -0.119. The largest absolute Gasteiger partial charge is 0.441 e. The van der Waals surface area contributed by atoms with E-state index in [1.807, 2.05) is 19.1 Å². The van der Waals surface area contributed by atoms with E-state index in [-0.39, 0.29) is 5.91 Å². The summed E-state index contributed by atoms with van der Waals surface area (Å²) in [5.41, 5.74) is 3.10. The van der Waals surface area contributed by atoms with Crippen LogP contribution < -0.4 is 5.32 Å². The molecule has 0 spiro atoms. The number of nitrogens with zero attached hydrogens (tertiary/aromatic N) is 1. The number of aryl methyl sites for hydroxylation is 2. The van der Waals surface area contributed by atoms with Gasteiger partial charge < -0.3 is 9.73 Å². The lowest BCUT2D eigenvalue weighted by Gasteiger charge is -2.22. The van der Waals surface area contributed by atoms with Crippen molar-refractivity contribution in [1.82, 2.24) is 10.3 Å². The minimum atomic E-state index is 0.136. The molecule has 2 aromatic rings. The molecule has 1 N–H and O–H groups in total. The van der Waals surface area contributed by atoms with Gasteiger partial charge in [0.2, 0.25) is 11.8 Å². The highest BCUT2D eigenvalue weighted by atomic mass is 32.2. The first kappa shape index (κ1) is 18.1. The van der Waals surface area contributed by atoms with E-state index in [2.05, 4.69) is 29.4 Å². The molecule has 25 heavy (non-hydrogen) atoms. The van der Waals surface area contributed by atoms with Crippen LogP contribution in [0.15, 0.2) is 28.7 Å². The van der Waals surface area contributed by atoms with Crippen molar-refractivity contribution in [2.75, 3.05) is 5.75 Å². The highest BCUT2D eigenvalue weighted by Gasteiger charge is 2.16. The predicted molar refractivity (Wildman–Crippen MR) is 103 cm³/mol. The number of hydrogen-bond donors (Lipinski definition) is 1. The Labute approximate surface area is 153 Å². The van der Waals surface area contributed by atoms with Gasteiger partial charge in [0, 0.05) is 17.4 Å². The van der Waals surface area contributed by atoms with Gasteiger partial charge in [-0.15, -0.1) is 11.8 Å². The minimum absolute atomic E-state index is 0.136. The summed E-state index contributed by atoms with van der Waals surface area (Å²) in [5.74, 6) is 2.79. The molecule has 5 heteroatoms. The molecule has 1 fully saturated rings. The molecule has 1 aliphatic rings. The maximum Gasteiger partial charge on any atom is 0.230 e. The Morgan fingerprint density at radius 3 is 2.84 bits per heavy atom. The van der Waals surface area contributed by atoms with Gasteiger partial charge in [0.05, 0.1) is 11.4 Å². The van der Waals surface area contributed by atoms with Crippen LogP contribution in [0.4, 0.5) is 0 Å². The van der Waals surface area contributed by atoms with Crippen molar-refractivity contribution in [3.8, 4) is 11.5 Å². The number of carbonyl (C=O) groups excluding carboxylic acids is 1. The number of amides is 1. The molecule has 1 saturated carbocycles. The monoisotopic (exact) mass is 358 g/mol. The van der Waals surface area contributed by atoms with E-state index in [0.717, 1.165) is 29.9 Å². The van der Waals surface area contributed by atoms with E-state index in [1.54, 1.807) is 11.8 Å². The fraction of sp³-hybridized carbons (Fsp3) is 0.500. The fourth-order valence-electron chi connectivity index (χ4n) is 3.22. The first-order chi connectivity index (χ1) is 12.1. The molecule has 0 atom stereocenters. The van der Waals surface area contributed by atoms with Gasteiger partial charge in [-0.25, -0.2) is 4.98 Å². The normalized spacial score (nSPS) is 15.3. The van der Waals surface area contributed by atoms with Crippen LogP contribution in [0.25, 0.3) is 11.5 Å².